The van der Waals surface area contributed by atoms with E-state index < -0.39 is 0 Å². The summed E-state index contributed by atoms with van der Waals surface area (Å²) < 4.78 is 5.01. The fourth-order valence-electron chi connectivity index (χ4n) is 3.62. The van der Waals surface area contributed by atoms with Crippen molar-refractivity contribution in [1.82, 2.24) is 9.88 Å². The third-order valence-corrected chi connectivity index (χ3v) is 4.89. The maximum atomic E-state index is 12.4. The molecule has 0 radical (unpaired) electrons. The molecule has 0 spiro atoms. The van der Waals surface area contributed by atoms with Gasteiger partial charge in [0.05, 0.1) is 11.8 Å². The van der Waals surface area contributed by atoms with Crippen LogP contribution >= 0.6 is 0 Å². The smallest absolute Gasteiger partial charge is 0.257 e. The molecule has 1 saturated heterocycles. The molecule has 2 aliphatic rings. The highest BCUT2D eigenvalue weighted by Gasteiger charge is 2.25. The molecule has 2 aromatic heterocycles. The molecule has 1 fully saturated rings. The second kappa shape index (κ2) is 6.07. The number of pyridine rings is 1. The molecule has 3 heterocycles. The van der Waals surface area contributed by atoms with Crippen molar-refractivity contribution in [2.45, 2.75) is 25.7 Å². The molecule has 5 heteroatoms. The largest absolute Gasteiger partial charge is 0.472 e. The van der Waals surface area contributed by atoms with Crippen LogP contribution in [0.25, 0.3) is 0 Å². The number of carbonyl (C=O) groups excluding carboxylic acids is 1. The summed E-state index contributed by atoms with van der Waals surface area (Å²) in [6.45, 7) is 3.25. The molecule has 0 saturated carbocycles. The average Bonchev–Trinajstić information content (AvgIpc) is 3.15. The second-order valence-corrected chi connectivity index (χ2v) is 6.25. The highest BCUT2D eigenvalue weighted by molar-refractivity contribution is 5.94. The van der Waals surface area contributed by atoms with Gasteiger partial charge in [-0.2, -0.15) is 0 Å². The van der Waals surface area contributed by atoms with E-state index in [1.807, 2.05) is 11.1 Å². The van der Waals surface area contributed by atoms with Crippen molar-refractivity contribution in [3.8, 4) is 0 Å². The van der Waals surface area contributed by atoms with E-state index in [0.29, 0.717) is 5.56 Å². The third-order valence-electron chi connectivity index (χ3n) is 4.89. The van der Waals surface area contributed by atoms with Crippen LogP contribution in [0.1, 0.15) is 34.5 Å². The Morgan fingerprint density at radius 1 is 1.09 bits per heavy atom. The summed E-state index contributed by atoms with van der Waals surface area (Å²) in [6, 6.07) is 3.87. The highest BCUT2D eigenvalue weighted by atomic mass is 16.3. The molecule has 0 unspecified atom stereocenters. The minimum Gasteiger partial charge on any atom is -0.472 e. The first-order valence-electron chi connectivity index (χ1n) is 8.36. The van der Waals surface area contributed by atoms with E-state index in [4.69, 9.17) is 4.42 Å². The van der Waals surface area contributed by atoms with E-state index in [-0.39, 0.29) is 5.91 Å². The molecule has 0 aromatic carbocycles. The van der Waals surface area contributed by atoms with Gasteiger partial charge in [-0.3, -0.25) is 9.78 Å². The standard InChI is InChI=1S/C18H21N3O2/c22-18(14-6-12-23-13-14)21-10-8-20(9-11-21)17-5-7-19-16-4-2-1-3-15(16)17/h5-7,12-13H,1-4,8-11H2. The van der Waals surface area contributed by atoms with Gasteiger partial charge in [0.15, 0.2) is 0 Å². The van der Waals surface area contributed by atoms with Crippen molar-refractivity contribution in [1.29, 1.82) is 0 Å². The first-order chi connectivity index (χ1) is 11.3. The first-order valence-corrected chi connectivity index (χ1v) is 8.36. The van der Waals surface area contributed by atoms with Crippen molar-refractivity contribution in [3.05, 3.63) is 47.7 Å². The summed E-state index contributed by atoms with van der Waals surface area (Å²) in [7, 11) is 0. The lowest BCUT2D eigenvalue weighted by molar-refractivity contribution is 0.0746. The van der Waals surface area contributed by atoms with Gasteiger partial charge in [-0.15, -0.1) is 0 Å². The topological polar surface area (TPSA) is 49.6 Å². The number of fused-ring (bicyclic) bond motifs is 1. The van der Waals surface area contributed by atoms with Crippen LogP contribution in [0.2, 0.25) is 0 Å². The van der Waals surface area contributed by atoms with Crippen LogP contribution in [0.15, 0.2) is 35.3 Å². The van der Waals surface area contributed by atoms with Gasteiger partial charge in [-0.1, -0.05) is 0 Å². The highest BCUT2D eigenvalue weighted by Crippen LogP contribution is 2.29. The minimum absolute atomic E-state index is 0.0650. The maximum absolute atomic E-state index is 12.4. The van der Waals surface area contributed by atoms with E-state index in [2.05, 4.69) is 16.0 Å². The molecular weight excluding hydrogens is 290 g/mol. The van der Waals surface area contributed by atoms with Crippen molar-refractivity contribution in [2.24, 2.45) is 0 Å². The van der Waals surface area contributed by atoms with Crippen LogP contribution < -0.4 is 4.90 Å². The third kappa shape index (κ3) is 2.71. The summed E-state index contributed by atoms with van der Waals surface area (Å²) in [5.74, 6) is 0.0650. The second-order valence-electron chi connectivity index (χ2n) is 6.25. The van der Waals surface area contributed by atoms with Gasteiger partial charge in [0, 0.05) is 43.8 Å². The Labute approximate surface area is 135 Å². The zero-order valence-electron chi connectivity index (χ0n) is 13.2. The number of aryl methyl sites for hydroxylation is 1. The lowest BCUT2D eigenvalue weighted by atomic mass is 9.94. The fraction of sp³-hybridized carbons (Fsp3) is 0.444. The molecule has 23 heavy (non-hydrogen) atoms. The Kier molecular flexibility index (Phi) is 3.77. The van der Waals surface area contributed by atoms with Gasteiger partial charge < -0.3 is 14.2 Å². The average molecular weight is 311 g/mol. The monoisotopic (exact) mass is 311 g/mol. The van der Waals surface area contributed by atoms with Crippen molar-refractivity contribution < 1.29 is 9.21 Å². The summed E-state index contributed by atoms with van der Waals surface area (Å²) in [5.41, 5.74) is 4.66. The Morgan fingerprint density at radius 2 is 1.91 bits per heavy atom. The molecule has 5 nitrogen and oxygen atoms in total. The minimum atomic E-state index is 0.0650. The number of amides is 1. The molecule has 2 aromatic rings. The molecule has 1 aliphatic carbocycles. The molecule has 0 bridgehead atoms. The number of furan rings is 1. The molecule has 1 aliphatic heterocycles. The summed E-state index contributed by atoms with van der Waals surface area (Å²) >= 11 is 0. The summed E-state index contributed by atoms with van der Waals surface area (Å²) in [4.78, 5) is 21.2. The number of hydrogen-bond donors (Lipinski definition) is 0. The van der Waals surface area contributed by atoms with Gasteiger partial charge >= 0.3 is 0 Å². The Morgan fingerprint density at radius 3 is 2.70 bits per heavy atom. The fourth-order valence-corrected chi connectivity index (χ4v) is 3.62. The molecule has 0 atom stereocenters. The number of carbonyl (C=O) groups is 1. The van der Waals surface area contributed by atoms with Crippen molar-refractivity contribution in [3.63, 3.8) is 0 Å². The van der Waals surface area contributed by atoms with Gasteiger partial charge in [0.25, 0.3) is 5.91 Å². The van der Waals surface area contributed by atoms with Crippen LogP contribution in [-0.4, -0.2) is 42.0 Å². The Balaban J connectivity index is 1.47. The molecule has 0 N–H and O–H groups in total. The Hall–Kier alpha value is -2.30. The number of rotatable bonds is 2. The van der Waals surface area contributed by atoms with Crippen molar-refractivity contribution in [2.75, 3.05) is 31.1 Å². The van der Waals surface area contributed by atoms with E-state index >= 15 is 0 Å². The number of nitrogens with zero attached hydrogens (tertiary/aromatic N) is 3. The first kappa shape index (κ1) is 14.3. The Bertz CT molecular complexity index is 688. The quantitative estimate of drug-likeness (QED) is 0.855. The van der Waals surface area contributed by atoms with Crippen LogP contribution in [0.4, 0.5) is 5.69 Å². The summed E-state index contributed by atoms with van der Waals surface area (Å²) in [6.07, 6.45) is 9.74. The zero-order valence-corrected chi connectivity index (χ0v) is 13.2. The van der Waals surface area contributed by atoms with E-state index in [1.165, 1.54) is 36.0 Å². The lowest BCUT2D eigenvalue weighted by Crippen LogP contribution is -2.49. The van der Waals surface area contributed by atoms with E-state index in [1.54, 1.807) is 12.3 Å². The van der Waals surface area contributed by atoms with Gasteiger partial charge in [0.2, 0.25) is 0 Å². The van der Waals surface area contributed by atoms with E-state index in [0.717, 1.165) is 39.0 Å². The molecular formula is C18H21N3O2. The van der Waals surface area contributed by atoms with Gasteiger partial charge in [0.1, 0.15) is 6.26 Å². The van der Waals surface area contributed by atoms with Gasteiger partial charge in [-0.05, 0) is 43.4 Å². The van der Waals surface area contributed by atoms with Crippen molar-refractivity contribution >= 4 is 11.6 Å². The normalized spacial score (nSPS) is 17.9. The molecule has 4 rings (SSSR count). The summed E-state index contributed by atoms with van der Waals surface area (Å²) in [5, 5.41) is 0. The van der Waals surface area contributed by atoms with E-state index in [9.17, 15) is 4.79 Å². The maximum Gasteiger partial charge on any atom is 0.257 e. The van der Waals surface area contributed by atoms with Crippen LogP contribution in [0, 0.1) is 0 Å². The number of piperazine rings is 1. The number of aromatic nitrogens is 1. The van der Waals surface area contributed by atoms with Gasteiger partial charge in [-0.25, -0.2) is 0 Å². The predicted octanol–water partition coefficient (Wildman–Crippen LogP) is 2.52. The van der Waals surface area contributed by atoms with Crippen LogP contribution in [-0.2, 0) is 12.8 Å². The molecule has 1 amide bonds. The molecule has 120 valence electrons. The van der Waals surface area contributed by atoms with Crippen LogP contribution in [0.3, 0.4) is 0 Å². The number of anilines is 1. The predicted molar refractivity (Wildman–Crippen MR) is 87.7 cm³/mol. The number of hydrogen-bond acceptors (Lipinski definition) is 4. The lowest BCUT2D eigenvalue weighted by Gasteiger charge is -2.37. The SMILES string of the molecule is O=C(c1ccoc1)N1CCN(c2ccnc3c2CCCC3)CC1. The zero-order chi connectivity index (χ0) is 15.6. The van der Waals surface area contributed by atoms with Crippen LogP contribution in [0.5, 0.6) is 0 Å².